The van der Waals surface area contributed by atoms with Crippen LogP contribution in [0.3, 0.4) is 0 Å². The van der Waals surface area contributed by atoms with Crippen LogP contribution in [0.5, 0.6) is 0 Å². The molecule has 0 aliphatic carbocycles. The second kappa shape index (κ2) is 4.77. The zero-order valence-electron chi connectivity index (χ0n) is 9.98. The Hall–Kier alpha value is -2.28. The van der Waals surface area contributed by atoms with Crippen LogP contribution in [0.1, 0.15) is 24.8 Å². The van der Waals surface area contributed by atoms with Gasteiger partial charge in [0.15, 0.2) is 0 Å². The van der Waals surface area contributed by atoms with E-state index in [9.17, 15) is 10.1 Å². The maximum atomic E-state index is 10.7. The summed E-state index contributed by atoms with van der Waals surface area (Å²) >= 11 is 0. The average molecular weight is 261 g/mol. The standard InChI is InChI=1S/C12H11N3O4/c16-15(17)9-4-1-3-8(7-9)11-13-12(19-14-11)10-5-2-6-18-10/h1,3-4,7,10H,2,5-6H2. The SMILES string of the molecule is O=[N+]([O-])c1cccc(-c2noc(C3CCCO3)n2)c1. The molecular formula is C12H11N3O4. The van der Waals surface area contributed by atoms with Crippen molar-refractivity contribution >= 4 is 5.69 Å². The van der Waals surface area contributed by atoms with Crippen molar-refractivity contribution < 1.29 is 14.2 Å². The lowest BCUT2D eigenvalue weighted by Gasteiger charge is -2.00. The highest BCUT2D eigenvalue weighted by Gasteiger charge is 2.24. The molecule has 0 spiro atoms. The maximum Gasteiger partial charge on any atom is 0.270 e. The minimum absolute atomic E-state index is 0.000895. The minimum atomic E-state index is -0.454. The summed E-state index contributed by atoms with van der Waals surface area (Å²) in [7, 11) is 0. The summed E-state index contributed by atoms with van der Waals surface area (Å²) in [6.07, 6.45) is 1.68. The van der Waals surface area contributed by atoms with Gasteiger partial charge < -0.3 is 9.26 Å². The van der Waals surface area contributed by atoms with Crippen LogP contribution in [0, 0.1) is 10.1 Å². The molecule has 1 aliphatic heterocycles. The number of nitro groups is 1. The zero-order chi connectivity index (χ0) is 13.2. The van der Waals surface area contributed by atoms with Gasteiger partial charge in [-0.15, -0.1) is 0 Å². The van der Waals surface area contributed by atoms with Gasteiger partial charge in [0.25, 0.3) is 11.6 Å². The number of aromatic nitrogens is 2. The largest absolute Gasteiger partial charge is 0.368 e. The molecule has 1 atom stereocenters. The normalized spacial score (nSPS) is 18.6. The van der Waals surface area contributed by atoms with Gasteiger partial charge in [-0.2, -0.15) is 4.98 Å². The average Bonchev–Trinajstić information content (AvgIpc) is 3.09. The molecule has 1 aliphatic rings. The molecule has 1 fully saturated rings. The summed E-state index contributed by atoms with van der Waals surface area (Å²) in [4.78, 5) is 14.5. The quantitative estimate of drug-likeness (QED) is 0.622. The summed E-state index contributed by atoms with van der Waals surface area (Å²) in [5.41, 5.74) is 0.558. The first kappa shape index (κ1) is 11.8. The molecule has 0 saturated carbocycles. The van der Waals surface area contributed by atoms with E-state index in [1.165, 1.54) is 12.1 Å². The van der Waals surface area contributed by atoms with Crippen molar-refractivity contribution in [2.24, 2.45) is 0 Å². The molecule has 0 radical (unpaired) electrons. The van der Waals surface area contributed by atoms with Gasteiger partial charge in [0.1, 0.15) is 6.10 Å². The van der Waals surface area contributed by atoms with Crippen molar-refractivity contribution in [2.75, 3.05) is 6.61 Å². The molecule has 7 nitrogen and oxygen atoms in total. The number of ether oxygens (including phenoxy) is 1. The Kier molecular flexibility index (Phi) is 2.96. The second-order valence-corrected chi connectivity index (χ2v) is 4.27. The number of hydrogen-bond acceptors (Lipinski definition) is 6. The molecule has 7 heteroatoms. The first-order chi connectivity index (χ1) is 9.24. The second-order valence-electron chi connectivity index (χ2n) is 4.27. The lowest BCUT2D eigenvalue weighted by Crippen LogP contribution is -1.95. The van der Waals surface area contributed by atoms with Gasteiger partial charge in [-0.25, -0.2) is 0 Å². The molecule has 2 heterocycles. The van der Waals surface area contributed by atoms with Crippen LogP contribution in [0.4, 0.5) is 5.69 Å². The molecule has 3 rings (SSSR count). The van der Waals surface area contributed by atoms with Gasteiger partial charge in [0, 0.05) is 24.3 Å². The molecule has 0 bridgehead atoms. The highest BCUT2D eigenvalue weighted by atomic mass is 16.6. The topological polar surface area (TPSA) is 91.3 Å². The van der Waals surface area contributed by atoms with Crippen molar-refractivity contribution in [1.29, 1.82) is 0 Å². The van der Waals surface area contributed by atoms with Gasteiger partial charge in [0.05, 0.1) is 4.92 Å². The highest BCUT2D eigenvalue weighted by Crippen LogP contribution is 2.29. The molecular weight excluding hydrogens is 250 g/mol. The summed E-state index contributed by atoms with van der Waals surface area (Å²) in [6, 6.07) is 6.14. The Morgan fingerprint density at radius 1 is 1.42 bits per heavy atom. The molecule has 98 valence electrons. The van der Waals surface area contributed by atoms with Gasteiger partial charge in [-0.05, 0) is 12.8 Å². The molecule has 1 unspecified atom stereocenters. The van der Waals surface area contributed by atoms with E-state index in [-0.39, 0.29) is 11.8 Å². The van der Waals surface area contributed by atoms with Crippen LogP contribution in [-0.2, 0) is 4.74 Å². The molecule has 0 N–H and O–H groups in total. The van der Waals surface area contributed by atoms with Gasteiger partial charge in [-0.1, -0.05) is 17.3 Å². The number of hydrogen-bond donors (Lipinski definition) is 0. The van der Waals surface area contributed by atoms with Crippen LogP contribution >= 0.6 is 0 Å². The van der Waals surface area contributed by atoms with Crippen LogP contribution in [0.15, 0.2) is 28.8 Å². The predicted molar refractivity (Wildman–Crippen MR) is 64.3 cm³/mol. The van der Waals surface area contributed by atoms with Crippen molar-refractivity contribution in [1.82, 2.24) is 10.1 Å². The van der Waals surface area contributed by atoms with Crippen LogP contribution in [0.2, 0.25) is 0 Å². The third-order valence-corrected chi connectivity index (χ3v) is 2.96. The Labute approximate surface area is 108 Å². The number of nitro benzene ring substituents is 1. The summed E-state index contributed by atoms with van der Waals surface area (Å²) in [5.74, 6) is 0.771. The van der Waals surface area contributed by atoms with E-state index in [0.29, 0.717) is 23.9 Å². The van der Waals surface area contributed by atoms with E-state index in [0.717, 1.165) is 12.8 Å². The Morgan fingerprint density at radius 2 is 2.32 bits per heavy atom. The zero-order valence-corrected chi connectivity index (χ0v) is 9.98. The fourth-order valence-electron chi connectivity index (χ4n) is 2.01. The summed E-state index contributed by atoms with van der Waals surface area (Å²) in [5, 5.41) is 14.6. The number of nitrogens with zero attached hydrogens (tertiary/aromatic N) is 3. The van der Waals surface area contributed by atoms with Crippen LogP contribution in [0.25, 0.3) is 11.4 Å². The van der Waals surface area contributed by atoms with Crippen molar-refractivity contribution in [3.05, 3.63) is 40.3 Å². The third kappa shape index (κ3) is 2.32. The number of benzene rings is 1. The number of rotatable bonds is 3. The monoisotopic (exact) mass is 261 g/mol. The van der Waals surface area contributed by atoms with Crippen LogP contribution in [-0.4, -0.2) is 21.7 Å². The molecule has 19 heavy (non-hydrogen) atoms. The van der Waals surface area contributed by atoms with Gasteiger partial charge in [-0.3, -0.25) is 10.1 Å². The van der Waals surface area contributed by atoms with E-state index >= 15 is 0 Å². The van der Waals surface area contributed by atoms with Gasteiger partial charge in [0.2, 0.25) is 5.82 Å². The number of non-ortho nitro benzene ring substituents is 1. The predicted octanol–water partition coefficient (Wildman–Crippen LogP) is 2.50. The maximum absolute atomic E-state index is 10.7. The van der Waals surface area contributed by atoms with Crippen molar-refractivity contribution in [2.45, 2.75) is 18.9 Å². The fourth-order valence-corrected chi connectivity index (χ4v) is 2.01. The Morgan fingerprint density at radius 3 is 3.05 bits per heavy atom. The van der Waals surface area contributed by atoms with E-state index < -0.39 is 4.92 Å². The lowest BCUT2D eigenvalue weighted by molar-refractivity contribution is -0.384. The smallest absolute Gasteiger partial charge is 0.270 e. The lowest BCUT2D eigenvalue weighted by atomic mass is 10.2. The summed E-state index contributed by atoms with van der Waals surface area (Å²) < 4.78 is 10.6. The molecule has 2 aromatic rings. The molecule has 1 saturated heterocycles. The van der Waals surface area contributed by atoms with E-state index in [4.69, 9.17) is 9.26 Å². The third-order valence-electron chi connectivity index (χ3n) is 2.96. The van der Waals surface area contributed by atoms with E-state index in [1.807, 2.05) is 0 Å². The summed E-state index contributed by atoms with van der Waals surface area (Å²) in [6.45, 7) is 0.694. The molecule has 0 amide bonds. The first-order valence-electron chi connectivity index (χ1n) is 5.94. The fraction of sp³-hybridized carbons (Fsp3) is 0.333. The van der Waals surface area contributed by atoms with E-state index in [2.05, 4.69) is 10.1 Å². The van der Waals surface area contributed by atoms with Gasteiger partial charge >= 0.3 is 0 Å². The van der Waals surface area contributed by atoms with E-state index in [1.54, 1.807) is 12.1 Å². The van der Waals surface area contributed by atoms with Crippen molar-refractivity contribution in [3.8, 4) is 11.4 Å². The van der Waals surface area contributed by atoms with Crippen LogP contribution < -0.4 is 0 Å². The Balaban J connectivity index is 1.89. The Bertz CT molecular complexity index is 605. The molecule has 1 aromatic heterocycles. The molecule has 1 aromatic carbocycles. The van der Waals surface area contributed by atoms with Crippen molar-refractivity contribution in [3.63, 3.8) is 0 Å². The minimum Gasteiger partial charge on any atom is -0.368 e. The first-order valence-corrected chi connectivity index (χ1v) is 5.94. The highest BCUT2D eigenvalue weighted by molar-refractivity contribution is 5.58.